The van der Waals surface area contributed by atoms with E-state index < -0.39 is 30.1 Å². The first-order valence-electron chi connectivity index (χ1n) is 8.47. The number of nitrogens with zero attached hydrogens (tertiary/aromatic N) is 2. The molecule has 2 N–H and O–H groups in total. The predicted molar refractivity (Wildman–Crippen MR) is 78.1 cm³/mol. The van der Waals surface area contributed by atoms with Crippen molar-refractivity contribution in [2.75, 3.05) is 5.73 Å². The number of nitrogen functional groups attached to an aromatic ring is 1. The van der Waals surface area contributed by atoms with Gasteiger partial charge in [-0.25, -0.2) is 4.98 Å². The van der Waals surface area contributed by atoms with Crippen molar-refractivity contribution in [1.82, 2.24) is 9.55 Å². The lowest BCUT2D eigenvalue weighted by Crippen LogP contribution is -2.36. The summed E-state index contributed by atoms with van der Waals surface area (Å²) in [5.74, 6) is -1.34. The van der Waals surface area contributed by atoms with Crippen LogP contribution in [0.15, 0.2) is 23.0 Å². The third-order valence-electron chi connectivity index (χ3n) is 3.64. The number of hydrogen-bond acceptors (Lipinski definition) is 5. The molecule has 6 nitrogen and oxygen atoms in total. The van der Waals surface area contributed by atoms with Crippen LogP contribution in [0.2, 0.25) is 0 Å². The Morgan fingerprint density at radius 2 is 2.29 bits per heavy atom. The van der Waals surface area contributed by atoms with E-state index in [1.165, 1.54) is 12.1 Å². The van der Waals surface area contributed by atoms with Crippen LogP contribution in [0.3, 0.4) is 0 Å². The molecule has 0 amide bonds. The summed E-state index contributed by atoms with van der Waals surface area (Å²) in [5.41, 5.74) is 4.97. The van der Waals surface area contributed by atoms with E-state index in [-0.39, 0.29) is 47.7 Å². The SMILES string of the molecule is [2H]c1ccc(N)c2c(=O)n(C3CCC(=O)CC3=O)c(C([2H])([2H])[2H])nc12. The summed E-state index contributed by atoms with van der Waals surface area (Å²) < 4.78 is 31.7. The molecule has 1 heterocycles. The molecule has 1 fully saturated rings. The van der Waals surface area contributed by atoms with Gasteiger partial charge in [-0.05, 0) is 25.4 Å². The summed E-state index contributed by atoms with van der Waals surface area (Å²) in [7, 11) is 0. The highest BCUT2D eigenvalue weighted by atomic mass is 16.2. The third kappa shape index (κ3) is 2.12. The van der Waals surface area contributed by atoms with E-state index in [0.717, 1.165) is 4.57 Å². The first kappa shape index (κ1) is 9.44. The summed E-state index contributed by atoms with van der Waals surface area (Å²) >= 11 is 0. The zero-order chi connectivity index (χ0) is 18.5. The van der Waals surface area contributed by atoms with Crippen molar-refractivity contribution >= 4 is 28.2 Å². The molecule has 2 aromatic rings. The van der Waals surface area contributed by atoms with Gasteiger partial charge in [0, 0.05) is 16.2 Å². The molecule has 1 aromatic carbocycles. The maximum Gasteiger partial charge on any atom is 0.264 e. The van der Waals surface area contributed by atoms with Gasteiger partial charge in [-0.2, -0.15) is 0 Å². The van der Waals surface area contributed by atoms with Crippen molar-refractivity contribution in [2.45, 2.75) is 32.2 Å². The Labute approximate surface area is 126 Å². The molecule has 0 bridgehead atoms. The Bertz CT molecular complexity index is 965. The number of nitrogens with two attached hydrogens (primary N) is 1. The number of anilines is 1. The van der Waals surface area contributed by atoms with E-state index in [2.05, 4.69) is 4.98 Å². The molecular weight excluding hydrogens is 270 g/mol. The lowest BCUT2D eigenvalue weighted by molar-refractivity contribution is -0.132. The van der Waals surface area contributed by atoms with Gasteiger partial charge in [-0.1, -0.05) is 6.07 Å². The van der Waals surface area contributed by atoms with E-state index in [4.69, 9.17) is 11.2 Å². The molecule has 0 saturated heterocycles. The molecule has 1 aromatic heterocycles. The Morgan fingerprint density at radius 3 is 3.00 bits per heavy atom. The van der Waals surface area contributed by atoms with E-state index in [1.807, 2.05) is 0 Å². The molecule has 1 aliphatic rings. The van der Waals surface area contributed by atoms with Crippen LogP contribution in [0.5, 0.6) is 0 Å². The molecule has 1 saturated carbocycles. The molecule has 0 spiro atoms. The molecule has 21 heavy (non-hydrogen) atoms. The number of benzene rings is 1. The monoisotopic (exact) mass is 289 g/mol. The number of ketones is 2. The third-order valence-corrected chi connectivity index (χ3v) is 3.64. The molecular formula is C15H15N3O3. The second-order valence-electron chi connectivity index (χ2n) is 5.00. The Balaban J connectivity index is 2.39. The Kier molecular flexibility index (Phi) is 2.16. The van der Waals surface area contributed by atoms with E-state index in [1.54, 1.807) is 0 Å². The topological polar surface area (TPSA) is 95.0 Å². The van der Waals surface area contributed by atoms with Gasteiger partial charge in [-0.3, -0.25) is 19.0 Å². The lowest BCUT2D eigenvalue weighted by atomic mass is 9.92. The predicted octanol–water partition coefficient (Wildman–Crippen LogP) is 1.15. The van der Waals surface area contributed by atoms with Crippen molar-refractivity contribution in [1.29, 1.82) is 0 Å². The zero-order valence-electron chi connectivity index (χ0n) is 15.0. The first-order valence-corrected chi connectivity index (χ1v) is 6.47. The van der Waals surface area contributed by atoms with Crippen molar-refractivity contribution in [3.63, 3.8) is 0 Å². The highest BCUT2D eigenvalue weighted by molar-refractivity contribution is 6.03. The number of hydrogen-bond donors (Lipinski definition) is 1. The molecule has 6 heteroatoms. The fourth-order valence-corrected chi connectivity index (χ4v) is 2.61. The van der Waals surface area contributed by atoms with E-state index >= 15 is 0 Å². The van der Waals surface area contributed by atoms with Crippen molar-refractivity contribution in [3.8, 4) is 0 Å². The van der Waals surface area contributed by atoms with Crippen LogP contribution in [0, 0.1) is 6.85 Å². The van der Waals surface area contributed by atoms with Crippen molar-refractivity contribution < 1.29 is 15.1 Å². The Hall–Kier alpha value is -2.50. The number of aromatic nitrogens is 2. The molecule has 1 atom stereocenters. The molecule has 3 rings (SSSR count). The minimum atomic E-state index is -2.77. The minimum Gasteiger partial charge on any atom is -0.398 e. The summed E-state index contributed by atoms with van der Waals surface area (Å²) in [5, 5.41) is -0.0924. The average Bonchev–Trinajstić information content (AvgIpc) is 2.50. The van der Waals surface area contributed by atoms with Gasteiger partial charge in [0.2, 0.25) is 0 Å². The smallest absolute Gasteiger partial charge is 0.264 e. The van der Waals surface area contributed by atoms with Crippen LogP contribution >= 0.6 is 0 Å². The summed E-state index contributed by atoms with van der Waals surface area (Å²) in [6, 6.07) is 1.47. The summed E-state index contributed by atoms with van der Waals surface area (Å²) in [4.78, 5) is 40.7. The van der Waals surface area contributed by atoms with Crippen molar-refractivity contribution in [2.24, 2.45) is 0 Å². The lowest BCUT2D eigenvalue weighted by Gasteiger charge is -2.24. The first-order chi connectivity index (χ1) is 11.6. The van der Waals surface area contributed by atoms with Gasteiger partial charge in [-0.15, -0.1) is 0 Å². The quantitative estimate of drug-likeness (QED) is 0.627. The van der Waals surface area contributed by atoms with Gasteiger partial charge < -0.3 is 5.73 Å². The van der Waals surface area contributed by atoms with Gasteiger partial charge in [0.25, 0.3) is 5.56 Å². The fraction of sp³-hybridized carbons (Fsp3) is 0.333. The summed E-state index contributed by atoms with van der Waals surface area (Å²) in [6.07, 6.45) is -0.229. The van der Waals surface area contributed by atoms with Crippen molar-refractivity contribution in [3.05, 3.63) is 34.4 Å². The fourth-order valence-electron chi connectivity index (χ4n) is 2.61. The van der Waals surface area contributed by atoms with Gasteiger partial charge in [0.1, 0.15) is 11.6 Å². The number of aryl methyl sites for hydroxylation is 1. The number of fused-ring (bicyclic) bond motifs is 1. The van der Waals surface area contributed by atoms with Crippen LogP contribution in [-0.4, -0.2) is 21.1 Å². The standard InChI is InChI=1S/C15H15N3O3/c1-8-17-11-4-2-3-10(16)14(11)15(21)18(8)12-6-5-9(19)7-13(12)20/h2-4,12H,5-7,16H2,1H3/i1D3,4D. The normalized spacial score (nSPS) is 22.6. The summed E-state index contributed by atoms with van der Waals surface area (Å²) in [6.45, 7) is -2.77. The second kappa shape index (κ2) is 4.80. The van der Waals surface area contributed by atoms with Gasteiger partial charge >= 0.3 is 0 Å². The van der Waals surface area contributed by atoms with Gasteiger partial charge in [0.05, 0.1) is 24.7 Å². The van der Waals surface area contributed by atoms with Crippen LogP contribution in [0.1, 0.15) is 36.6 Å². The zero-order valence-corrected chi connectivity index (χ0v) is 11.0. The van der Waals surface area contributed by atoms with Crippen LogP contribution in [-0.2, 0) is 9.59 Å². The van der Waals surface area contributed by atoms with E-state index in [0.29, 0.717) is 0 Å². The highest BCUT2D eigenvalue weighted by Gasteiger charge is 2.30. The second-order valence-corrected chi connectivity index (χ2v) is 5.00. The van der Waals surface area contributed by atoms with E-state index in [9.17, 15) is 14.4 Å². The number of rotatable bonds is 1. The largest absolute Gasteiger partial charge is 0.398 e. The van der Waals surface area contributed by atoms with Crippen LogP contribution in [0.25, 0.3) is 10.9 Å². The van der Waals surface area contributed by atoms with Crippen LogP contribution < -0.4 is 11.3 Å². The van der Waals surface area contributed by atoms with Gasteiger partial charge in [0.15, 0.2) is 5.78 Å². The number of carbonyl (C=O) groups is 2. The minimum absolute atomic E-state index is 0.0360. The maximum absolute atomic E-state index is 13.0. The number of carbonyl (C=O) groups excluding carboxylic acids is 2. The molecule has 1 unspecified atom stereocenters. The molecule has 108 valence electrons. The maximum atomic E-state index is 13.0. The molecule has 1 aliphatic carbocycles. The van der Waals surface area contributed by atoms with Crippen LogP contribution in [0.4, 0.5) is 5.69 Å². The highest BCUT2D eigenvalue weighted by Crippen LogP contribution is 2.24. The molecule has 0 aliphatic heterocycles. The average molecular weight is 289 g/mol. The Morgan fingerprint density at radius 1 is 1.48 bits per heavy atom. The number of Topliss-reactive ketones (excluding diaryl/α,β-unsaturated/α-hetero) is 2. The molecule has 0 radical (unpaired) electrons.